The highest BCUT2D eigenvalue weighted by Crippen LogP contribution is 2.21. The molecule has 20 heavy (non-hydrogen) atoms. The van der Waals surface area contributed by atoms with E-state index in [1.165, 1.54) is 12.3 Å². The topological polar surface area (TPSA) is 118 Å². The van der Waals surface area contributed by atoms with Gasteiger partial charge in [-0.05, 0) is 19.9 Å². The summed E-state index contributed by atoms with van der Waals surface area (Å²) < 4.78 is 5.25. The quantitative estimate of drug-likeness (QED) is 0.286. The monoisotopic (exact) mass is 280 g/mol. The fourth-order valence-corrected chi connectivity index (χ4v) is 1.94. The van der Waals surface area contributed by atoms with Crippen molar-refractivity contribution in [3.63, 3.8) is 0 Å². The summed E-state index contributed by atoms with van der Waals surface area (Å²) in [6.07, 6.45) is 1.27. The van der Waals surface area contributed by atoms with Crippen molar-refractivity contribution in [2.45, 2.75) is 25.9 Å². The van der Waals surface area contributed by atoms with Gasteiger partial charge in [-0.1, -0.05) is 0 Å². The molecule has 0 aromatic carbocycles. The summed E-state index contributed by atoms with van der Waals surface area (Å²) in [5.74, 6) is 4.31. The molecule has 1 aliphatic rings. The van der Waals surface area contributed by atoms with Crippen LogP contribution in [0.4, 0.5) is 0 Å². The Bertz CT molecular complexity index is 564. The van der Waals surface area contributed by atoms with E-state index in [1.54, 1.807) is 18.7 Å². The van der Waals surface area contributed by atoms with E-state index >= 15 is 0 Å². The van der Waals surface area contributed by atoms with Crippen molar-refractivity contribution < 1.29 is 18.8 Å². The van der Waals surface area contributed by atoms with Crippen LogP contribution in [0.2, 0.25) is 0 Å². The van der Waals surface area contributed by atoms with Crippen molar-refractivity contribution in [3.8, 4) is 0 Å². The Balaban J connectivity index is 2.16. The molecule has 8 nitrogen and oxygen atoms in total. The first-order valence-electron chi connectivity index (χ1n) is 6.02. The largest absolute Gasteiger partial charge is 0.467 e. The Morgan fingerprint density at radius 3 is 2.90 bits per heavy atom. The Morgan fingerprint density at radius 2 is 2.25 bits per heavy atom. The zero-order valence-electron chi connectivity index (χ0n) is 11.2. The lowest BCUT2D eigenvalue weighted by molar-refractivity contribution is -0.145. The fraction of sp³-hybridized carbons (Fsp3) is 0.417. The lowest BCUT2D eigenvalue weighted by Gasteiger charge is -2.39. The lowest BCUT2D eigenvalue weighted by Crippen LogP contribution is -2.63. The van der Waals surface area contributed by atoms with Gasteiger partial charge in [-0.25, -0.2) is 5.84 Å². The zero-order chi connectivity index (χ0) is 14.9. The molecule has 1 aromatic heterocycles. The zero-order valence-corrected chi connectivity index (χ0v) is 11.2. The summed E-state index contributed by atoms with van der Waals surface area (Å²) >= 11 is 0. The van der Waals surface area contributed by atoms with Crippen molar-refractivity contribution in [1.82, 2.24) is 15.6 Å². The number of nitrogen functional groups attached to an aromatic ring is 1. The van der Waals surface area contributed by atoms with Crippen molar-refractivity contribution in [2.24, 2.45) is 5.84 Å². The predicted molar refractivity (Wildman–Crippen MR) is 68.0 cm³/mol. The molecule has 0 bridgehead atoms. The van der Waals surface area contributed by atoms with Gasteiger partial charge in [0, 0.05) is 0 Å². The molecule has 0 atom stereocenters. The van der Waals surface area contributed by atoms with E-state index < -0.39 is 11.4 Å². The number of carbonyl (C=O) groups excluding carboxylic acids is 3. The van der Waals surface area contributed by atoms with E-state index in [0.29, 0.717) is 5.76 Å². The molecule has 108 valence electrons. The van der Waals surface area contributed by atoms with Gasteiger partial charge in [0.25, 0.3) is 5.91 Å². The Kier molecular flexibility index (Phi) is 3.60. The van der Waals surface area contributed by atoms with Crippen molar-refractivity contribution in [2.75, 3.05) is 6.54 Å². The lowest BCUT2D eigenvalue weighted by atomic mass is 9.98. The molecular formula is C12H16N4O4. The van der Waals surface area contributed by atoms with Crippen LogP contribution in [0.3, 0.4) is 0 Å². The van der Waals surface area contributed by atoms with Crippen LogP contribution in [0.15, 0.2) is 16.7 Å². The molecular weight excluding hydrogens is 264 g/mol. The van der Waals surface area contributed by atoms with Gasteiger partial charge < -0.3 is 4.42 Å². The van der Waals surface area contributed by atoms with E-state index in [1.807, 2.05) is 5.43 Å². The highest BCUT2D eigenvalue weighted by Gasteiger charge is 2.41. The number of rotatable bonds is 3. The molecule has 0 radical (unpaired) electrons. The van der Waals surface area contributed by atoms with E-state index in [2.05, 4.69) is 5.32 Å². The van der Waals surface area contributed by atoms with Gasteiger partial charge in [0.05, 0.1) is 24.2 Å². The molecule has 2 rings (SSSR count). The third-order valence-corrected chi connectivity index (χ3v) is 3.33. The van der Waals surface area contributed by atoms with Crippen LogP contribution in [0, 0.1) is 0 Å². The highest BCUT2D eigenvalue weighted by molar-refractivity contribution is 6.02. The van der Waals surface area contributed by atoms with Crippen molar-refractivity contribution >= 4 is 17.7 Å². The number of piperazine rings is 1. The van der Waals surface area contributed by atoms with E-state index in [9.17, 15) is 14.4 Å². The summed E-state index contributed by atoms with van der Waals surface area (Å²) in [4.78, 5) is 36.2. The van der Waals surface area contributed by atoms with E-state index in [-0.39, 0.29) is 30.5 Å². The second-order valence-corrected chi connectivity index (χ2v) is 5.07. The maximum atomic E-state index is 11.8. The molecule has 1 saturated heterocycles. The van der Waals surface area contributed by atoms with Crippen LogP contribution >= 0.6 is 0 Å². The number of hydrogen-bond acceptors (Lipinski definition) is 6. The van der Waals surface area contributed by atoms with Gasteiger partial charge in [-0.2, -0.15) is 0 Å². The van der Waals surface area contributed by atoms with Gasteiger partial charge in [-0.15, -0.1) is 0 Å². The molecule has 1 aliphatic heterocycles. The van der Waals surface area contributed by atoms with Gasteiger partial charge >= 0.3 is 0 Å². The average Bonchev–Trinajstić information content (AvgIpc) is 2.84. The Morgan fingerprint density at radius 1 is 1.55 bits per heavy atom. The first kappa shape index (κ1) is 14.2. The van der Waals surface area contributed by atoms with Gasteiger partial charge in [0.2, 0.25) is 11.8 Å². The normalized spacial score (nSPS) is 18.8. The van der Waals surface area contributed by atoms with E-state index in [4.69, 9.17) is 10.3 Å². The summed E-state index contributed by atoms with van der Waals surface area (Å²) in [6, 6.07) is 1.52. The van der Waals surface area contributed by atoms with Crippen LogP contribution in [-0.2, 0) is 16.1 Å². The number of hydrazine groups is 1. The Labute approximate surface area is 115 Å². The second kappa shape index (κ2) is 5.06. The first-order valence-corrected chi connectivity index (χ1v) is 6.02. The van der Waals surface area contributed by atoms with Crippen LogP contribution in [0.5, 0.6) is 0 Å². The number of amides is 3. The number of hydrogen-bond donors (Lipinski definition) is 3. The number of nitrogens with two attached hydrogens (primary N) is 1. The Hall–Kier alpha value is -2.19. The van der Waals surface area contributed by atoms with Crippen LogP contribution < -0.4 is 16.6 Å². The summed E-state index contributed by atoms with van der Waals surface area (Å²) in [6.45, 7) is 3.75. The van der Waals surface area contributed by atoms with Gasteiger partial charge in [-0.3, -0.25) is 30.0 Å². The van der Waals surface area contributed by atoms with E-state index in [0.717, 1.165) is 0 Å². The first-order chi connectivity index (χ1) is 9.34. The standard InChI is InChI=1S/C12H16N4O4/c1-12(2)11(19)14-9(17)5-16(12)4-8-3-7(6-20-8)10(18)15-13/h3,6H,4-5,13H2,1-2H3,(H,15,18)(H,14,17,19). The molecule has 0 spiro atoms. The maximum absolute atomic E-state index is 11.8. The van der Waals surface area contributed by atoms with Crippen LogP contribution in [-0.4, -0.2) is 34.7 Å². The molecule has 2 heterocycles. The van der Waals surface area contributed by atoms with Gasteiger partial charge in [0.1, 0.15) is 12.0 Å². The molecule has 0 aliphatic carbocycles. The molecule has 1 fully saturated rings. The number of carbonyl (C=O) groups is 3. The predicted octanol–water partition coefficient (Wildman–Crippen LogP) is -0.880. The van der Waals surface area contributed by atoms with Crippen LogP contribution in [0.25, 0.3) is 0 Å². The van der Waals surface area contributed by atoms with Crippen molar-refractivity contribution in [1.29, 1.82) is 0 Å². The maximum Gasteiger partial charge on any atom is 0.268 e. The number of nitrogens with one attached hydrogen (secondary N) is 2. The molecule has 0 saturated carbocycles. The molecule has 8 heteroatoms. The number of imide groups is 1. The molecule has 1 aromatic rings. The summed E-state index contributed by atoms with van der Waals surface area (Å²) in [5, 5.41) is 2.29. The van der Waals surface area contributed by atoms with Crippen LogP contribution in [0.1, 0.15) is 30.0 Å². The highest BCUT2D eigenvalue weighted by atomic mass is 16.3. The summed E-state index contributed by atoms with van der Waals surface area (Å²) in [5.41, 5.74) is 1.45. The molecule has 0 unspecified atom stereocenters. The number of nitrogens with zero attached hydrogens (tertiary/aromatic N) is 1. The van der Waals surface area contributed by atoms with Gasteiger partial charge in [0.15, 0.2) is 0 Å². The fourth-order valence-electron chi connectivity index (χ4n) is 1.94. The average molecular weight is 280 g/mol. The third-order valence-electron chi connectivity index (χ3n) is 3.33. The minimum Gasteiger partial charge on any atom is -0.467 e. The molecule has 4 N–H and O–H groups in total. The number of furan rings is 1. The smallest absolute Gasteiger partial charge is 0.268 e. The van der Waals surface area contributed by atoms with Crippen molar-refractivity contribution in [3.05, 3.63) is 23.7 Å². The second-order valence-electron chi connectivity index (χ2n) is 5.07. The SMILES string of the molecule is CC1(C)C(=O)NC(=O)CN1Cc1cc(C(=O)NN)co1. The minimum absolute atomic E-state index is 0.0812. The molecule has 3 amide bonds. The third kappa shape index (κ3) is 2.56. The summed E-state index contributed by atoms with van der Waals surface area (Å²) in [7, 11) is 0. The minimum atomic E-state index is -0.836.